The fourth-order valence-electron chi connectivity index (χ4n) is 0.173. The van der Waals surface area contributed by atoms with E-state index >= 15 is 0 Å². The van der Waals surface area contributed by atoms with Crippen LogP contribution in [0.3, 0.4) is 0 Å². The second-order valence-corrected chi connectivity index (χ2v) is 1.77. The molecular formula is C6H13NO2S. The first-order valence-electron chi connectivity index (χ1n) is 3.04. The maximum absolute atomic E-state index is 10.0. The van der Waals surface area contributed by atoms with Gasteiger partial charge >= 0.3 is 5.97 Å². The van der Waals surface area contributed by atoms with E-state index in [1.54, 1.807) is 0 Å². The first kappa shape index (κ1) is 12.1. The minimum atomic E-state index is -0.363. The Morgan fingerprint density at radius 3 is 2.10 bits per heavy atom. The number of esters is 1. The standard InChI is InChI=1S/C4H7NO2S.C2H6/c1-3(6)7-2-4(5)8;1-2/h2H2,1H3,(H2,5,8);1-2H3. The SMILES string of the molecule is CC.CC(=O)OCC(N)=S. The fourth-order valence-corrected chi connectivity index (χ4v) is 0.232. The molecule has 0 fully saturated rings. The Morgan fingerprint density at radius 1 is 1.60 bits per heavy atom. The molecule has 0 aromatic heterocycles. The first-order valence-corrected chi connectivity index (χ1v) is 3.45. The molecule has 0 aliphatic heterocycles. The first-order chi connectivity index (χ1) is 4.63. The van der Waals surface area contributed by atoms with Gasteiger partial charge in [-0.2, -0.15) is 0 Å². The van der Waals surface area contributed by atoms with Crippen molar-refractivity contribution in [3.8, 4) is 0 Å². The quantitative estimate of drug-likeness (QED) is 0.484. The van der Waals surface area contributed by atoms with E-state index in [0.29, 0.717) is 0 Å². The van der Waals surface area contributed by atoms with Gasteiger partial charge in [0.2, 0.25) is 0 Å². The van der Waals surface area contributed by atoms with Crippen LogP contribution in [0, 0.1) is 0 Å². The van der Waals surface area contributed by atoms with Gasteiger partial charge in [0, 0.05) is 6.92 Å². The average molecular weight is 163 g/mol. The molecule has 0 aliphatic rings. The smallest absolute Gasteiger partial charge is 0.303 e. The van der Waals surface area contributed by atoms with E-state index in [4.69, 9.17) is 5.73 Å². The van der Waals surface area contributed by atoms with E-state index in [1.165, 1.54) is 6.92 Å². The minimum absolute atomic E-state index is 0.0463. The molecule has 0 rings (SSSR count). The third-order valence-corrected chi connectivity index (χ3v) is 0.536. The molecule has 0 spiro atoms. The summed E-state index contributed by atoms with van der Waals surface area (Å²) in [7, 11) is 0. The predicted octanol–water partition coefficient (Wildman–Crippen LogP) is 0.862. The van der Waals surface area contributed by atoms with Gasteiger partial charge in [0.15, 0.2) is 0 Å². The van der Waals surface area contributed by atoms with Crippen LogP contribution in [0.5, 0.6) is 0 Å². The third-order valence-electron chi connectivity index (χ3n) is 0.418. The van der Waals surface area contributed by atoms with Crippen LogP contribution < -0.4 is 5.73 Å². The van der Waals surface area contributed by atoms with E-state index < -0.39 is 0 Å². The minimum Gasteiger partial charge on any atom is -0.459 e. The van der Waals surface area contributed by atoms with Crippen LogP contribution in [0.25, 0.3) is 0 Å². The molecule has 3 nitrogen and oxygen atoms in total. The number of hydrogen-bond donors (Lipinski definition) is 1. The summed E-state index contributed by atoms with van der Waals surface area (Å²) in [5.41, 5.74) is 4.99. The molecule has 0 bridgehead atoms. The normalized spacial score (nSPS) is 7.10. The van der Waals surface area contributed by atoms with Gasteiger partial charge in [0.25, 0.3) is 0 Å². The molecule has 0 aromatic carbocycles. The van der Waals surface area contributed by atoms with Gasteiger partial charge in [0.05, 0.1) is 0 Å². The van der Waals surface area contributed by atoms with E-state index in [-0.39, 0.29) is 17.6 Å². The lowest BCUT2D eigenvalue weighted by atomic mass is 10.7. The predicted molar refractivity (Wildman–Crippen MR) is 44.8 cm³/mol. The molecule has 2 N–H and O–H groups in total. The number of hydrogen-bond acceptors (Lipinski definition) is 3. The van der Waals surface area contributed by atoms with Crippen molar-refractivity contribution in [1.29, 1.82) is 0 Å². The second-order valence-electron chi connectivity index (χ2n) is 1.25. The summed E-state index contributed by atoms with van der Waals surface area (Å²) in [5.74, 6) is -0.363. The number of carbonyl (C=O) groups excluding carboxylic acids is 1. The van der Waals surface area contributed by atoms with Gasteiger partial charge in [-0.05, 0) is 0 Å². The van der Waals surface area contributed by atoms with Crippen molar-refractivity contribution in [2.45, 2.75) is 20.8 Å². The van der Waals surface area contributed by atoms with Crippen molar-refractivity contribution in [2.24, 2.45) is 5.73 Å². The number of ether oxygens (including phenoxy) is 1. The summed E-state index contributed by atoms with van der Waals surface area (Å²) in [5, 5.41) is 0. The molecule has 10 heavy (non-hydrogen) atoms. The second kappa shape index (κ2) is 8.36. The third kappa shape index (κ3) is 15.7. The molecule has 0 saturated carbocycles. The molecule has 0 amide bonds. The Bertz CT molecular complexity index is 100. The maximum atomic E-state index is 10.0. The monoisotopic (exact) mass is 163 g/mol. The Kier molecular flexibility index (Phi) is 10.1. The summed E-state index contributed by atoms with van der Waals surface area (Å²) in [6.07, 6.45) is 0. The maximum Gasteiger partial charge on any atom is 0.303 e. The van der Waals surface area contributed by atoms with E-state index in [2.05, 4.69) is 17.0 Å². The Hall–Kier alpha value is -0.640. The molecule has 4 heteroatoms. The average Bonchev–Trinajstić information content (AvgIpc) is 1.89. The number of nitrogens with two attached hydrogens (primary N) is 1. The van der Waals surface area contributed by atoms with Gasteiger partial charge in [-0.3, -0.25) is 4.79 Å². The summed E-state index contributed by atoms with van der Waals surface area (Å²) in [6, 6.07) is 0. The van der Waals surface area contributed by atoms with Gasteiger partial charge in [0.1, 0.15) is 11.6 Å². The van der Waals surface area contributed by atoms with Gasteiger partial charge in [-0.25, -0.2) is 0 Å². The van der Waals surface area contributed by atoms with Gasteiger partial charge in [-0.1, -0.05) is 26.1 Å². The van der Waals surface area contributed by atoms with Crippen molar-refractivity contribution >= 4 is 23.2 Å². The van der Waals surface area contributed by atoms with Gasteiger partial charge in [-0.15, -0.1) is 0 Å². The number of thiocarbonyl (C=S) groups is 1. The lowest BCUT2D eigenvalue weighted by Gasteiger charge is -1.95. The Morgan fingerprint density at radius 2 is 2.00 bits per heavy atom. The van der Waals surface area contributed by atoms with Crippen molar-refractivity contribution in [3.63, 3.8) is 0 Å². The largest absolute Gasteiger partial charge is 0.459 e. The van der Waals surface area contributed by atoms with Crippen LogP contribution in [0.2, 0.25) is 0 Å². The van der Waals surface area contributed by atoms with Crippen molar-refractivity contribution in [3.05, 3.63) is 0 Å². The van der Waals surface area contributed by atoms with Crippen molar-refractivity contribution in [1.82, 2.24) is 0 Å². The molecule has 0 unspecified atom stereocenters. The highest BCUT2D eigenvalue weighted by Crippen LogP contribution is 1.74. The lowest BCUT2D eigenvalue weighted by Crippen LogP contribution is -2.17. The van der Waals surface area contributed by atoms with Crippen LogP contribution in [-0.2, 0) is 9.53 Å². The molecular weight excluding hydrogens is 150 g/mol. The fraction of sp³-hybridized carbons (Fsp3) is 0.667. The van der Waals surface area contributed by atoms with Crippen LogP contribution in [-0.4, -0.2) is 17.6 Å². The summed E-state index contributed by atoms with van der Waals surface area (Å²) >= 11 is 4.41. The van der Waals surface area contributed by atoms with E-state index in [1.807, 2.05) is 13.8 Å². The molecule has 0 atom stereocenters. The van der Waals surface area contributed by atoms with Crippen LogP contribution in [0.4, 0.5) is 0 Å². The summed E-state index contributed by atoms with van der Waals surface area (Å²) in [4.78, 5) is 10.2. The zero-order valence-electron chi connectivity index (χ0n) is 6.51. The Labute approximate surface area is 66.5 Å². The zero-order chi connectivity index (χ0) is 8.57. The highest BCUT2D eigenvalue weighted by molar-refractivity contribution is 7.80. The topological polar surface area (TPSA) is 52.3 Å². The summed E-state index contributed by atoms with van der Waals surface area (Å²) < 4.78 is 4.40. The Balaban J connectivity index is 0. The zero-order valence-corrected chi connectivity index (χ0v) is 7.33. The van der Waals surface area contributed by atoms with Crippen LogP contribution in [0.1, 0.15) is 20.8 Å². The molecule has 60 valence electrons. The molecule has 0 heterocycles. The van der Waals surface area contributed by atoms with Crippen LogP contribution in [0.15, 0.2) is 0 Å². The number of carbonyl (C=O) groups is 1. The molecule has 0 radical (unpaired) electrons. The highest BCUT2D eigenvalue weighted by Gasteiger charge is 1.91. The lowest BCUT2D eigenvalue weighted by molar-refractivity contribution is -0.139. The van der Waals surface area contributed by atoms with Gasteiger partial charge < -0.3 is 10.5 Å². The van der Waals surface area contributed by atoms with Crippen molar-refractivity contribution < 1.29 is 9.53 Å². The van der Waals surface area contributed by atoms with Crippen LogP contribution >= 0.6 is 12.2 Å². The van der Waals surface area contributed by atoms with E-state index in [9.17, 15) is 4.79 Å². The summed E-state index contributed by atoms with van der Waals surface area (Å²) in [6.45, 7) is 5.35. The number of rotatable bonds is 2. The highest BCUT2D eigenvalue weighted by atomic mass is 32.1. The van der Waals surface area contributed by atoms with E-state index in [0.717, 1.165) is 0 Å². The van der Waals surface area contributed by atoms with Crippen molar-refractivity contribution in [2.75, 3.05) is 6.61 Å². The molecule has 0 aromatic rings. The molecule has 0 aliphatic carbocycles. The molecule has 0 saturated heterocycles.